The molecule has 0 N–H and O–H groups in total. The third kappa shape index (κ3) is 2.03. The molecule has 0 aliphatic rings. The van der Waals surface area contributed by atoms with Crippen LogP contribution in [0.4, 0.5) is 0 Å². The first kappa shape index (κ1) is 13.5. The van der Waals surface area contributed by atoms with E-state index in [0.29, 0.717) is 0 Å². The molecule has 0 saturated carbocycles. The summed E-state index contributed by atoms with van der Waals surface area (Å²) in [5.41, 5.74) is 3.37. The summed E-state index contributed by atoms with van der Waals surface area (Å²) < 4.78 is 15.2. The molecule has 0 fully saturated rings. The minimum Gasteiger partial charge on any atom is -0.497 e. The van der Waals surface area contributed by atoms with E-state index in [1.807, 2.05) is 18.2 Å². The zero-order valence-corrected chi connectivity index (χ0v) is 12.8. The lowest BCUT2D eigenvalue weighted by molar-refractivity contribution is -0.634. The number of hydrogen-bond donors (Lipinski definition) is 0. The second-order valence-electron chi connectivity index (χ2n) is 5.00. The number of rotatable bonds is 3. The van der Waals surface area contributed by atoms with E-state index in [0.717, 1.165) is 22.9 Å². The Bertz CT molecular complexity index is 767. The molecule has 0 radical (unpaired) electrons. The average molecular weight is 283 g/mol. The van der Waals surface area contributed by atoms with Crippen LogP contribution in [-0.4, -0.2) is 18.8 Å². The van der Waals surface area contributed by atoms with Gasteiger partial charge in [0.15, 0.2) is 11.0 Å². The molecule has 3 aromatic rings. The number of methoxy groups -OCH3 is 2. The molecular formula is C17H19N2O2+. The van der Waals surface area contributed by atoms with E-state index in [2.05, 4.69) is 47.5 Å². The molecular weight excluding hydrogens is 264 g/mol. The van der Waals surface area contributed by atoms with Crippen LogP contribution in [-0.2, 0) is 14.1 Å². The normalized spacial score (nSPS) is 10.9. The predicted octanol–water partition coefficient (Wildman–Crippen LogP) is 2.69. The molecule has 0 atom stereocenters. The van der Waals surface area contributed by atoms with Crippen LogP contribution in [0.3, 0.4) is 0 Å². The fourth-order valence-electron chi connectivity index (χ4n) is 2.83. The Morgan fingerprint density at radius 3 is 2.43 bits per heavy atom. The first-order valence-corrected chi connectivity index (χ1v) is 6.83. The van der Waals surface area contributed by atoms with Crippen molar-refractivity contribution >= 4 is 11.0 Å². The quantitative estimate of drug-likeness (QED) is 0.691. The van der Waals surface area contributed by atoms with E-state index in [4.69, 9.17) is 9.47 Å². The van der Waals surface area contributed by atoms with Crippen molar-refractivity contribution < 1.29 is 14.0 Å². The van der Waals surface area contributed by atoms with E-state index >= 15 is 0 Å². The van der Waals surface area contributed by atoms with Gasteiger partial charge in [-0.15, -0.1) is 0 Å². The van der Waals surface area contributed by atoms with E-state index in [9.17, 15) is 0 Å². The molecule has 0 aliphatic heterocycles. The van der Waals surface area contributed by atoms with Gasteiger partial charge in [0, 0.05) is 0 Å². The largest absolute Gasteiger partial charge is 0.497 e. The summed E-state index contributed by atoms with van der Waals surface area (Å²) in [4.78, 5) is 0. The summed E-state index contributed by atoms with van der Waals surface area (Å²) >= 11 is 0. The molecule has 21 heavy (non-hydrogen) atoms. The molecule has 3 rings (SSSR count). The number of aromatic nitrogens is 2. The van der Waals surface area contributed by atoms with Gasteiger partial charge in [-0.1, -0.05) is 12.1 Å². The highest BCUT2D eigenvalue weighted by molar-refractivity contribution is 5.77. The van der Waals surface area contributed by atoms with Gasteiger partial charge in [-0.2, -0.15) is 0 Å². The van der Waals surface area contributed by atoms with Crippen LogP contribution in [0.15, 0.2) is 42.5 Å². The van der Waals surface area contributed by atoms with Crippen LogP contribution in [0.2, 0.25) is 0 Å². The number of hydrogen-bond acceptors (Lipinski definition) is 2. The van der Waals surface area contributed by atoms with Crippen LogP contribution in [0.1, 0.15) is 0 Å². The van der Waals surface area contributed by atoms with E-state index < -0.39 is 0 Å². The number of para-hydroxylation sites is 2. The summed E-state index contributed by atoms with van der Waals surface area (Å²) in [5.74, 6) is 2.72. The molecule has 0 aliphatic carbocycles. The van der Waals surface area contributed by atoms with Crippen molar-refractivity contribution in [3.63, 3.8) is 0 Å². The standard InChI is InChI=1S/C17H19N2O2/c1-18-14-7-5-6-8-15(14)19(2)17(18)13-11-12(20-3)9-10-16(13)21-4/h5-11H,1-4H3/q+1. The number of nitrogens with zero attached hydrogens (tertiary/aromatic N) is 2. The van der Waals surface area contributed by atoms with E-state index in [1.54, 1.807) is 14.2 Å². The lowest BCUT2D eigenvalue weighted by Crippen LogP contribution is -2.30. The average Bonchev–Trinajstić information content (AvgIpc) is 2.78. The van der Waals surface area contributed by atoms with Gasteiger partial charge in [-0.05, 0) is 30.3 Å². The van der Waals surface area contributed by atoms with Crippen LogP contribution >= 0.6 is 0 Å². The maximum atomic E-state index is 5.52. The Hall–Kier alpha value is -2.49. The van der Waals surface area contributed by atoms with Crippen LogP contribution in [0, 0.1) is 0 Å². The number of fused-ring (bicyclic) bond motifs is 1. The van der Waals surface area contributed by atoms with Crippen molar-refractivity contribution in [2.24, 2.45) is 14.1 Å². The number of benzene rings is 2. The van der Waals surface area contributed by atoms with Gasteiger partial charge in [0.2, 0.25) is 0 Å². The van der Waals surface area contributed by atoms with Crippen molar-refractivity contribution in [1.29, 1.82) is 0 Å². The molecule has 1 aromatic heterocycles. The first-order chi connectivity index (χ1) is 10.2. The summed E-state index contributed by atoms with van der Waals surface area (Å²) in [7, 11) is 7.49. The molecule has 2 aromatic carbocycles. The monoisotopic (exact) mass is 283 g/mol. The minimum absolute atomic E-state index is 0.816. The van der Waals surface area contributed by atoms with Gasteiger partial charge in [-0.25, -0.2) is 9.13 Å². The summed E-state index contributed by atoms with van der Waals surface area (Å²) in [6.07, 6.45) is 0. The molecule has 108 valence electrons. The summed E-state index contributed by atoms with van der Waals surface area (Å²) in [5, 5.41) is 0. The van der Waals surface area contributed by atoms with Gasteiger partial charge < -0.3 is 9.47 Å². The van der Waals surface area contributed by atoms with Gasteiger partial charge >= 0.3 is 0 Å². The molecule has 0 amide bonds. The molecule has 0 bridgehead atoms. The Morgan fingerprint density at radius 2 is 1.76 bits per heavy atom. The maximum Gasteiger partial charge on any atom is 0.293 e. The smallest absolute Gasteiger partial charge is 0.293 e. The van der Waals surface area contributed by atoms with Crippen molar-refractivity contribution in [3.05, 3.63) is 42.5 Å². The molecule has 4 heteroatoms. The van der Waals surface area contributed by atoms with Crippen molar-refractivity contribution in [3.8, 4) is 22.9 Å². The van der Waals surface area contributed by atoms with Crippen LogP contribution in [0.25, 0.3) is 22.4 Å². The van der Waals surface area contributed by atoms with Crippen LogP contribution < -0.4 is 14.0 Å². The number of aryl methyl sites for hydroxylation is 2. The van der Waals surface area contributed by atoms with Crippen molar-refractivity contribution in [1.82, 2.24) is 4.57 Å². The summed E-state index contributed by atoms with van der Waals surface area (Å²) in [6.45, 7) is 0. The number of imidazole rings is 1. The minimum atomic E-state index is 0.816. The fourth-order valence-corrected chi connectivity index (χ4v) is 2.83. The Labute approximate surface area is 124 Å². The second kappa shape index (κ2) is 5.13. The zero-order valence-electron chi connectivity index (χ0n) is 12.8. The third-order valence-corrected chi connectivity index (χ3v) is 3.89. The van der Waals surface area contributed by atoms with E-state index in [1.165, 1.54) is 11.0 Å². The zero-order chi connectivity index (χ0) is 15.0. The highest BCUT2D eigenvalue weighted by Crippen LogP contribution is 2.33. The number of ether oxygens (including phenoxy) is 2. The predicted molar refractivity (Wildman–Crippen MR) is 82.6 cm³/mol. The highest BCUT2D eigenvalue weighted by Gasteiger charge is 2.24. The van der Waals surface area contributed by atoms with Crippen molar-refractivity contribution in [2.75, 3.05) is 14.2 Å². The van der Waals surface area contributed by atoms with Crippen molar-refractivity contribution in [2.45, 2.75) is 0 Å². The lowest BCUT2D eigenvalue weighted by Gasteiger charge is -2.08. The molecule has 0 saturated heterocycles. The Kier molecular flexibility index (Phi) is 3.29. The Balaban J connectivity index is 2.35. The third-order valence-electron chi connectivity index (χ3n) is 3.89. The maximum absolute atomic E-state index is 5.52. The SMILES string of the molecule is COc1ccc(OC)c(-c2n(C)c3ccccc3[n+]2C)c1. The first-order valence-electron chi connectivity index (χ1n) is 6.83. The van der Waals surface area contributed by atoms with E-state index in [-0.39, 0.29) is 0 Å². The second-order valence-corrected chi connectivity index (χ2v) is 5.00. The van der Waals surface area contributed by atoms with Crippen LogP contribution in [0.5, 0.6) is 11.5 Å². The molecule has 0 spiro atoms. The lowest BCUT2D eigenvalue weighted by atomic mass is 10.1. The van der Waals surface area contributed by atoms with Gasteiger partial charge in [0.25, 0.3) is 5.82 Å². The summed E-state index contributed by atoms with van der Waals surface area (Å²) in [6, 6.07) is 14.2. The molecule has 1 heterocycles. The fraction of sp³-hybridized carbons (Fsp3) is 0.235. The topological polar surface area (TPSA) is 27.3 Å². The van der Waals surface area contributed by atoms with Gasteiger partial charge in [0.05, 0.1) is 28.3 Å². The molecule has 0 unspecified atom stereocenters. The molecule has 4 nitrogen and oxygen atoms in total. The van der Waals surface area contributed by atoms with Gasteiger partial charge in [-0.3, -0.25) is 0 Å². The Morgan fingerprint density at radius 1 is 1.00 bits per heavy atom. The van der Waals surface area contributed by atoms with Gasteiger partial charge in [0.1, 0.15) is 17.1 Å². The highest BCUT2D eigenvalue weighted by atomic mass is 16.5.